The summed E-state index contributed by atoms with van der Waals surface area (Å²) in [6.07, 6.45) is -0.927. The number of carbonyl (C=O) groups excluding carboxylic acids is 2. The van der Waals surface area contributed by atoms with Crippen LogP contribution in [0.4, 0.5) is 4.79 Å². The van der Waals surface area contributed by atoms with E-state index in [2.05, 4.69) is 0 Å². The molecule has 1 aromatic rings. The monoisotopic (exact) mass is 344 g/mol. The summed E-state index contributed by atoms with van der Waals surface area (Å²) in [6.45, 7) is 6.84. The standard InChI is InChI=1S/C14H20N2O6S/c1-5-21-12(17)10-6-8-11(9-7-10)23(19,20)16-15-13(18)22-14(2,3)4/h6-9,16H,5H2,1-4H3,(H,15,18). The van der Waals surface area contributed by atoms with Gasteiger partial charge >= 0.3 is 12.1 Å². The van der Waals surface area contributed by atoms with Gasteiger partial charge in [-0.25, -0.2) is 23.4 Å². The third-order valence-electron chi connectivity index (χ3n) is 2.36. The van der Waals surface area contributed by atoms with Gasteiger partial charge in [-0.15, -0.1) is 4.83 Å². The number of rotatable bonds is 5. The Morgan fingerprint density at radius 2 is 1.70 bits per heavy atom. The fourth-order valence-corrected chi connectivity index (χ4v) is 2.29. The molecule has 0 aliphatic rings. The van der Waals surface area contributed by atoms with E-state index in [1.165, 1.54) is 24.3 Å². The Kier molecular flexibility index (Phi) is 6.11. The zero-order chi connectivity index (χ0) is 17.7. The number of benzene rings is 1. The van der Waals surface area contributed by atoms with Crippen molar-refractivity contribution in [1.29, 1.82) is 0 Å². The summed E-state index contributed by atoms with van der Waals surface area (Å²) in [4.78, 5) is 24.7. The molecule has 23 heavy (non-hydrogen) atoms. The lowest BCUT2D eigenvalue weighted by atomic mass is 10.2. The van der Waals surface area contributed by atoms with Crippen LogP contribution in [0.25, 0.3) is 0 Å². The molecule has 0 spiro atoms. The Bertz CT molecular complexity index is 662. The van der Waals surface area contributed by atoms with E-state index in [1.807, 2.05) is 10.3 Å². The second-order valence-electron chi connectivity index (χ2n) is 5.48. The maximum atomic E-state index is 12.0. The van der Waals surface area contributed by atoms with Gasteiger partial charge in [0, 0.05) is 0 Å². The van der Waals surface area contributed by atoms with Gasteiger partial charge in [-0.05, 0) is 52.0 Å². The van der Waals surface area contributed by atoms with Crippen LogP contribution in [-0.4, -0.2) is 32.7 Å². The molecule has 1 rings (SSSR count). The van der Waals surface area contributed by atoms with E-state index in [1.54, 1.807) is 27.7 Å². The zero-order valence-corrected chi connectivity index (χ0v) is 14.2. The average molecular weight is 344 g/mol. The Hall–Kier alpha value is -2.13. The Morgan fingerprint density at radius 3 is 2.17 bits per heavy atom. The number of sulfonamides is 1. The van der Waals surface area contributed by atoms with Gasteiger partial charge in [0.1, 0.15) is 5.60 Å². The molecule has 0 fully saturated rings. The molecule has 0 heterocycles. The van der Waals surface area contributed by atoms with Crippen LogP contribution < -0.4 is 10.3 Å². The molecule has 9 heteroatoms. The van der Waals surface area contributed by atoms with Crippen molar-refractivity contribution in [3.63, 3.8) is 0 Å². The minimum absolute atomic E-state index is 0.124. The smallest absolute Gasteiger partial charge is 0.423 e. The number of ether oxygens (including phenoxy) is 2. The summed E-state index contributed by atoms with van der Waals surface area (Å²) in [5, 5.41) is 0. The largest absolute Gasteiger partial charge is 0.462 e. The molecule has 0 aromatic heterocycles. The number of nitrogens with one attached hydrogen (secondary N) is 2. The van der Waals surface area contributed by atoms with Crippen LogP contribution in [0, 0.1) is 0 Å². The summed E-state index contributed by atoms with van der Waals surface area (Å²) < 4.78 is 33.7. The van der Waals surface area contributed by atoms with Crippen LogP contribution in [0.15, 0.2) is 29.2 Å². The minimum atomic E-state index is -3.98. The third-order valence-corrected chi connectivity index (χ3v) is 3.63. The van der Waals surface area contributed by atoms with E-state index >= 15 is 0 Å². The number of hydrogen-bond donors (Lipinski definition) is 2. The summed E-state index contributed by atoms with van der Waals surface area (Å²) in [7, 11) is -3.98. The van der Waals surface area contributed by atoms with Crippen molar-refractivity contribution in [1.82, 2.24) is 10.3 Å². The number of carbonyl (C=O) groups is 2. The Balaban J connectivity index is 2.73. The SMILES string of the molecule is CCOC(=O)c1ccc(S(=O)(=O)NNC(=O)OC(C)(C)C)cc1. The number of esters is 1. The van der Waals surface area contributed by atoms with Gasteiger partial charge in [0.15, 0.2) is 0 Å². The van der Waals surface area contributed by atoms with Crippen molar-refractivity contribution in [2.24, 2.45) is 0 Å². The molecule has 0 aliphatic carbocycles. The van der Waals surface area contributed by atoms with Gasteiger partial charge in [0.25, 0.3) is 10.0 Å². The van der Waals surface area contributed by atoms with Gasteiger partial charge in [-0.2, -0.15) is 0 Å². The lowest BCUT2D eigenvalue weighted by Gasteiger charge is -2.19. The fraction of sp³-hybridized carbons (Fsp3) is 0.429. The molecular formula is C14H20N2O6S. The van der Waals surface area contributed by atoms with Crippen molar-refractivity contribution < 1.29 is 27.5 Å². The van der Waals surface area contributed by atoms with Gasteiger partial charge in [0.05, 0.1) is 17.1 Å². The van der Waals surface area contributed by atoms with Crippen LogP contribution in [0.1, 0.15) is 38.1 Å². The second kappa shape index (κ2) is 7.42. The van der Waals surface area contributed by atoms with Crippen LogP contribution in [0.5, 0.6) is 0 Å². The van der Waals surface area contributed by atoms with Gasteiger partial charge < -0.3 is 9.47 Å². The highest BCUT2D eigenvalue weighted by Crippen LogP contribution is 2.11. The second-order valence-corrected chi connectivity index (χ2v) is 7.16. The Morgan fingerprint density at radius 1 is 1.13 bits per heavy atom. The molecule has 0 bridgehead atoms. The molecule has 0 aliphatic heterocycles. The molecule has 0 saturated carbocycles. The summed E-state index contributed by atoms with van der Waals surface area (Å²) in [5.41, 5.74) is 1.42. The van der Waals surface area contributed by atoms with Crippen molar-refractivity contribution in [2.45, 2.75) is 38.2 Å². The normalized spacial score (nSPS) is 11.7. The summed E-state index contributed by atoms with van der Waals surface area (Å²) >= 11 is 0. The molecule has 1 amide bonds. The quantitative estimate of drug-likeness (QED) is 0.620. The van der Waals surface area contributed by atoms with E-state index in [4.69, 9.17) is 9.47 Å². The number of hydrazine groups is 1. The fourth-order valence-electron chi connectivity index (χ4n) is 1.46. The third kappa shape index (κ3) is 6.25. The van der Waals surface area contributed by atoms with Crippen LogP contribution in [0.3, 0.4) is 0 Å². The van der Waals surface area contributed by atoms with Crippen molar-refractivity contribution >= 4 is 22.1 Å². The first kappa shape index (κ1) is 18.9. The number of amides is 1. The topological polar surface area (TPSA) is 111 Å². The van der Waals surface area contributed by atoms with Gasteiger partial charge in [-0.3, -0.25) is 0 Å². The molecule has 0 radical (unpaired) electrons. The zero-order valence-electron chi connectivity index (χ0n) is 13.4. The van der Waals surface area contributed by atoms with E-state index in [0.29, 0.717) is 0 Å². The van der Waals surface area contributed by atoms with Gasteiger partial charge in [0.2, 0.25) is 0 Å². The van der Waals surface area contributed by atoms with Crippen LogP contribution in [0.2, 0.25) is 0 Å². The van der Waals surface area contributed by atoms with Crippen LogP contribution >= 0.6 is 0 Å². The minimum Gasteiger partial charge on any atom is -0.462 e. The van der Waals surface area contributed by atoms with Crippen LogP contribution in [-0.2, 0) is 19.5 Å². The highest BCUT2D eigenvalue weighted by Gasteiger charge is 2.20. The highest BCUT2D eigenvalue weighted by atomic mass is 32.2. The first-order valence-corrected chi connectivity index (χ1v) is 8.31. The van der Waals surface area contributed by atoms with Crippen molar-refractivity contribution in [2.75, 3.05) is 6.61 Å². The van der Waals surface area contributed by atoms with Gasteiger partial charge in [-0.1, -0.05) is 0 Å². The van der Waals surface area contributed by atoms with Crippen molar-refractivity contribution in [3.8, 4) is 0 Å². The van der Waals surface area contributed by atoms with E-state index in [-0.39, 0.29) is 17.1 Å². The summed E-state index contributed by atoms with van der Waals surface area (Å²) in [6, 6.07) is 5.09. The molecule has 2 N–H and O–H groups in total. The Labute approximate surface area is 135 Å². The van der Waals surface area contributed by atoms with E-state index < -0.39 is 27.7 Å². The van der Waals surface area contributed by atoms with E-state index in [9.17, 15) is 18.0 Å². The molecule has 0 saturated heterocycles. The number of hydrogen-bond acceptors (Lipinski definition) is 6. The maximum Gasteiger partial charge on any atom is 0.423 e. The predicted molar refractivity (Wildman–Crippen MR) is 82.1 cm³/mol. The molecule has 128 valence electrons. The first-order valence-electron chi connectivity index (χ1n) is 6.83. The maximum absolute atomic E-state index is 12.0. The molecule has 8 nitrogen and oxygen atoms in total. The highest BCUT2D eigenvalue weighted by molar-refractivity contribution is 7.89. The summed E-state index contributed by atoms with van der Waals surface area (Å²) in [5.74, 6) is -0.545. The van der Waals surface area contributed by atoms with E-state index in [0.717, 1.165) is 0 Å². The lowest BCUT2D eigenvalue weighted by molar-refractivity contribution is 0.0509. The lowest BCUT2D eigenvalue weighted by Crippen LogP contribution is -2.44. The molecular weight excluding hydrogens is 324 g/mol. The van der Waals surface area contributed by atoms with Crippen molar-refractivity contribution in [3.05, 3.63) is 29.8 Å². The molecule has 1 aromatic carbocycles. The predicted octanol–water partition coefficient (Wildman–Crippen LogP) is 1.58. The first-order chi connectivity index (χ1) is 10.5. The average Bonchev–Trinajstić information content (AvgIpc) is 2.44. The molecule has 0 unspecified atom stereocenters. The molecule has 0 atom stereocenters.